The maximum absolute atomic E-state index is 14.0. The van der Waals surface area contributed by atoms with Gasteiger partial charge >= 0.3 is 0 Å². The average molecular weight is 511 g/mol. The maximum Gasteiger partial charge on any atom is 0.268 e. The molecule has 0 saturated heterocycles. The largest absolute Gasteiger partial charge is 0.497 e. The molecule has 0 spiro atoms. The minimum atomic E-state index is -4.02. The van der Waals surface area contributed by atoms with Crippen molar-refractivity contribution >= 4 is 60.2 Å². The highest BCUT2D eigenvalue weighted by molar-refractivity contribution is 7.90. The summed E-state index contributed by atoms with van der Waals surface area (Å²) < 4.78 is 34.9. The number of hydrogen-bond donors (Lipinski definition) is 0. The summed E-state index contributed by atoms with van der Waals surface area (Å²) in [5.41, 5.74) is 2.41. The third kappa shape index (κ3) is 3.54. The molecule has 9 heteroatoms. The zero-order valence-electron chi connectivity index (χ0n) is 17.2. The van der Waals surface area contributed by atoms with Crippen molar-refractivity contribution in [2.24, 2.45) is 0 Å². The molecule has 2 aromatic carbocycles. The van der Waals surface area contributed by atoms with Gasteiger partial charge in [-0.25, -0.2) is 17.2 Å². The summed E-state index contributed by atoms with van der Waals surface area (Å²) in [6, 6.07) is 17.1. The monoisotopic (exact) mass is 510 g/mol. The molecule has 0 radical (unpaired) electrons. The highest BCUT2D eigenvalue weighted by Gasteiger charge is 2.30. The van der Waals surface area contributed by atoms with Crippen LogP contribution >= 0.6 is 34.3 Å². The number of ether oxygens (including phenoxy) is 1. The smallest absolute Gasteiger partial charge is 0.268 e. The van der Waals surface area contributed by atoms with Crippen LogP contribution < -0.4 is 4.74 Å². The fourth-order valence-corrected chi connectivity index (χ4v) is 6.98. The van der Waals surface area contributed by atoms with Crippen molar-refractivity contribution in [2.75, 3.05) is 7.11 Å². The molecule has 0 bridgehead atoms. The molecule has 3 aromatic heterocycles. The van der Waals surface area contributed by atoms with Crippen LogP contribution in [0.5, 0.6) is 5.75 Å². The minimum Gasteiger partial charge on any atom is -0.497 e. The predicted molar refractivity (Wildman–Crippen MR) is 135 cm³/mol. The van der Waals surface area contributed by atoms with Gasteiger partial charge in [0.05, 0.1) is 34.7 Å². The summed E-state index contributed by atoms with van der Waals surface area (Å²) in [6.07, 6.45) is 0. The molecular formula is C24H15ClN2O3S3. The van der Waals surface area contributed by atoms with E-state index in [4.69, 9.17) is 22.9 Å². The van der Waals surface area contributed by atoms with Crippen molar-refractivity contribution in [3.8, 4) is 27.4 Å². The lowest BCUT2D eigenvalue weighted by Gasteiger charge is -2.13. The zero-order chi connectivity index (χ0) is 23.2. The van der Waals surface area contributed by atoms with Crippen LogP contribution in [0.15, 0.2) is 76.3 Å². The van der Waals surface area contributed by atoms with E-state index in [0.29, 0.717) is 38.1 Å². The lowest BCUT2D eigenvalue weighted by Crippen LogP contribution is -2.14. The normalized spacial score (nSPS) is 11.5. The van der Waals surface area contributed by atoms with Crippen LogP contribution in [-0.2, 0) is 10.0 Å². The van der Waals surface area contributed by atoms with Gasteiger partial charge in [-0.05, 0) is 53.2 Å². The molecule has 5 nitrogen and oxygen atoms in total. The number of fused-ring (bicyclic) bond motifs is 1. The quantitative estimate of drug-likeness (QED) is 0.229. The highest BCUT2D eigenvalue weighted by Crippen LogP contribution is 2.48. The molecule has 3 heterocycles. The standard InChI is InChI=1S/C24H15ClN2O3S3/c1-26-24-19(11-13-32-24)22-18-10-7-16(30-2)14-20(18)27(23(22)21-4-3-12-31-21)33(28,29)17-8-5-15(25)6-9-17/h3-14H,2H3. The number of thiophene rings is 2. The SMILES string of the molecule is [C-]#[N+]c1sccc1-c1c(-c2cccs2)n(S(=O)(=O)c2ccc(Cl)cc2)c2cc(OC)ccc12. The van der Waals surface area contributed by atoms with E-state index < -0.39 is 10.0 Å². The van der Waals surface area contributed by atoms with E-state index in [1.807, 2.05) is 35.0 Å². The summed E-state index contributed by atoms with van der Waals surface area (Å²) in [7, 11) is -2.48. The first kappa shape index (κ1) is 21.7. The van der Waals surface area contributed by atoms with E-state index in [2.05, 4.69) is 4.85 Å². The molecule has 0 amide bonds. The number of rotatable bonds is 5. The topological polar surface area (TPSA) is 52.7 Å². The van der Waals surface area contributed by atoms with Crippen molar-refractivity contribution in [3.63, 3.8) is 0 Å². The number of aromatic nitrogens is 1. The molecule has 0 aliphatic rings. The van der Waals surface area contributed by atoms with Gasteiger partial charge < -0.3 is 4.74 Å². The molecule has 0 aliphatic carbocycles. The highest BCUT2D eigenvalue weighted by atomic mass is 35.5. The third-order valence-corrected chi connectivity index (χ3v) is 8.92. The summed E-state index contributed by atoms with van der Waals surface area (Å²) in [5.74, 6) is 0.535. The number of nitrogens with zero attached hydrogens (tertiary/aromatic N) is 2. The number of methoxy groups -OCH3 is 1. The molecule has 164 valence electrons. The Bertz CT molecular complexity index is 1620. The molecule has 5 rings (SSSR count). The fourth-order valence-electron chi connectivity index (χ4n) is 3.82. The summed E-state index contributed by atoms with van der Waals surface area (Å²) in [5, 5.41) is 5.43. The summed E-state index contributed by atoms with van der Waals surface area (Å²) in [4.78, 5) is 4.58. The molecular weight excluding hydrogens is 496 g/mol. The second-order valence-electron chi connectivity index (χ2n) is 7.06. The molecule has 0 atom stereocenters. The lowest BCUT2D eigenvalue weighted by molar-refractivity contribution is 0.415. The Morgan fingerprint density at radius 1 is 1.03 bits per heavy atom. The molecule has 0 aliphatic heterocycles. The van der Waals surface area contributed by atoms with Crippen LogP contribution in [0.3, 0.4) is 0 Å². The minimum absolute atomic E-state index is 0.117. The van der Waals surface area contributed by atoms with Gasteiger partial charge in [0.2, 0.25) is 5.00 Å². The Morgan fingerprint density at radius 3 is 2.48 bits per heavy atom. The van der Waals surface area contributed by atoms with E-state index in [0.717, 1.165) is 10.3 Å². The number of hydrogen-bond acceptors (Lipinski definition) is 5. The number of halogens is 1. The van der Waals surface area contributed by atoms with Crippen LogP contribution in [0.1, 0.15) is 0 Å². The average Bonchev–Trinajstić information content (AvgIpc) is 3.56. The second-order valence-corrected chi connectivity index (χ2v) is 11.1. The van der Waals surface area contributed by atoms with Crippen LogP contribution in [0.4, 0.5) is 5.00 Å². The van der Waals surface area contributed by atoms with Gasteiger partial charge in [-0.1, -0.05) is 23.7 Å². The van der Waals surface area contributed by atoms with E-state index in [1.54, 1.807) is 31.4 Å². The van der Waals surface area contributed by atoms with Crippen molar-refractivity contribution in [2.45, 2.75) is 4.90 Å². The van der Waals surface area contributed by atoms with Gasteiger partial charge in [-0.15, -0.1) is 11.3 Å². The van der Waals surface area contributed by atoms with Crippen LogP contribution in [-0.4, -0.2) is 19.5 Å². The van der Waals surface area contributed by atoms with Crippen molar-refractivity contribution in [1.29, 1.82) is 0 Å². The molecule has 5 aromatic rings. The van der Waals surface area contributed by atoms with E-state index in [1.165, 1.54) is 38.8 Å². The summed E-state index contributed by atoms with van der Waals surface area (Å²) in [6.45, 7) is 7.63. The van der Waals surface area contributed by atoms with Gasteiger partial charge in [-0.3, -0.25) is 0 Å². The summed E-state index contributed by atoms with van der Waals surface area (Å²) >= 11 is 8.79. The van der Waals surface area contributed by atoms with E-state index >= 15 is 0 Å². The second kappa shape index (κ2) is 8.36. The first-order valence-corrected chi connectivity index (χ1v) is 13.3. The Balaban J connectivity index is 1.98. The third-order valence-electron chi connectivity index (χ3n) is 5.26. The van der Waals surface area contributed by atoms with Crippen molar-refractivity contribution < 1.29 is 13.2 Å². The van der Waals surface area contributed by atoms with Crippen LogP contribution in [0.2, 0.25) is 5.02 Å². The first-order chi connectivity index (χ1) is 16.0. The molecule has 0 N–H and O–H groups in total. The predicted octanol–water partition coefficient (Wildman–Crippen LogP) is 7.55. The fraction of sp³-hybridized carbons (Fsp3) is 0.0417. The molecule has 0 saturated carbocycles. The molecule has 33 heavy (non-hydrogen) atoms. The zero-order valence-corrected chi connectivity index (χ0v) is 20.4. The molecule has 0 fully saturated rings. The number of benzene rings is 2. The van der Waals surface area contributed by atoms with E-state index in [9.17, 15) is 8.42 Å². The van der Waals surface area contributed by atoms with Crippen LogP contribution in [0.25, 0.3) is 37.4 Å². The van der Waals surface area contributed by atoms with Gasteiger partial charge in [0.25, 0.3) is 10.0 Å². The Kier molecular flexibility index (Phi) is 5.51. The van der Waals surface area contributed by atoms with Gasteiger partial charge in [0, 0.05) is 27.6 Å². The van der Waals surface area contributed by atoms with Gasteiger partial charge in [0.1, 0.15) is 5.75 Å². The maximum atomic E-state index is 14.0. The van der Waals surface area contributed by atoms with Crippen molar-refractivity contribution in [3.05, 3.63) is 87.9 Å². The Morgan fingerprint density at radius 2 is 1.82 bits per heavy atom. The lowest BCUT2D eigenvalue weighted by atomic mass is 10.0. The molecule has 0 unspecified atom stereocenters. The first-order valence-electron chi connectivity index (χ1n) is 9.68. The van der Waals surface area contributed by atoms with Gasteiger partial charge in [-0.2, -0.15) is 11.3 Å². The Labute approximate surface area is 203 Å². The Hall–Kier alpha value is -3.09. The van der Waals surface area contributed by atoms with E-state index in [-0.39, 0.29) is 4.90 Å². The van der Waals surface area contributed by atoms with Crippen LogP contribution in [0, 0.1) is 6.57 Å². The van der Waals surface area contributed by atoms with Crippen molar-refractivity contribution in [1.82, 2.24) is 3.97 Å². The van der Waals surface area contributed by atoms with Gasteiger partial charge in [0.15, 0.2) is 0 Å².